The molecule has 1 aromatic heterocycles. The minimum atomic E-state index is -1.86. The molecule has 2 heterocycles. The fourth-order valence-electron chi connectivity index (χ4n) is 1.87. The second kappa shape index (κ2) is 5.40. The highest BCUT2D eigenvalue weighted by Crippen LogP contribution is 2.33. The molecule has 1 aromatic rings. The topological polar surface area (TPSA) is 84.3 Å². The molecule has 8 heteroatoms. The number of H-pyrrole nitrogens is 1. The van der Waals surface area contributed by atoms with Gasteiger partial charge in [-0.1, -0.05) is 15.9 Å². The number of aliphatic hydroxyl groups is 1. The molecule has 0 radical (unpaired) electrons. The zero-order valence-corrected chi connectivity index (χ0v) is 11.4. The zero-order valence-electron chi connectivity index (χ0n) is 9.81. The highest BCUT2D eigenvalue weighted by Gasteiger charge is 2.41. The summed E-state index contributed by atoms with van der Waals surface area (Å²) in [5, 5.41) is 8.92. The first-order valence-electron chi connectivity index (χ1n) is 5.53. The van der Waals surface area contributed by atoms with Gasteiger partial charge >= 0.3 is 5.69 Å². The molecule has 1 aliphatic heterocycles. The fraction of sp³-hybridized carbons (Fsp3) is 0.455. The Balaban J connectivity index is 2.39. The predicted molar refractivity (Wildman–Crippen MR) is 69.8 cm³/mol. The Morgan fingerprint density at radius 2 is 2.42 bits per heavy atom. The minimum absolute atomic E-state index is 0.146. The lowest BCUT2D eigenvalue weighted by atomic mass is 10.1. The largest absolute Gasteiger partial charge is 0.393 e. The van der Waals surface area contributed by atoms with Crippen molar-refractivity contribution in [1.82, 2.24) is 9.55 Å². The van der Waals surface area contributed by atoms with E-state index in [2.05, 4.69) is 20.9 Å². The normalized spacial score (nSPS) is 27.2. The Bertz CT molecular complexity index is 611. The quantitative estimate of drug-likeness (QED) is 0.844. The van der Waals surface area contributed by atoms with Crippen molar-refractivity contribution in [1.29, 1.82) is 0 Å². The first-order valence-corrected chi connectivity index (χ1v) is 6.44. The fourth-order valence-corrected chi connectivity index (χ4v) is 2.15. The van der Waals surface area contributed by atoms with Crippen LogP contribution in [-0.2, 0) is 4.74 Å². The van der Waals surface area contributed by atoms with Gasteiger partial charge in [-0.25, -0.2) is 9.18 Å². The maximum absolute atomic E-state index is 13.9. The molecule has 0 saturated carbocycles. The molecule has 104 valence electrons. The minimum Gasteiger partial charge on any atom is -0.393 e. The molecule has 2 rings (SSSR count). The number of ether oxygens (including phenoxy) is 1. The molecule has 2 N–H and O–H groups in total. The van der Waals surface area contributed by atoms with Gasteiger partial charge in [-0.05, 0) is 11.1 Å². The SMILES string of the molecule is O=c1[nH]c(=O)n([C@H]2C[C@@](F)(CO)CO2)cc1/C=C/Br. The number of aliphatic hydroxyl groups excluding tert-OH is 1. The Morgan fingerprint density at radius 1 is 1.68 bits per heavy atom. The summed E-state index contributed by atoms with van der Waals surface area (Å²) in [5.41, 5.74) is -2.83. The number of aromatic nitrogens is 2. The van der Waals surface area contributed by atoms with Crippen LogP contribution >= 0.6 is 15.9 Å². The number of rotatable bonds is 3. The number of alkyl halides is 1. The van der Waals surface area contributed by atoms with E-state index in [4.69, 9.17) is 9.84 Å². The zero-order chi connectivity index (χ0) is 14.0. The standard InChI is InChI=1S/C11H12BrFN2O4/c12-2-1-7-4-15(10(18)14-9(7)17)8-3-11(13,5-16)6-19-8/h1-2,4,8,16H,3,5-6H2,(H,14,17,18)/b2-1+/t8-,11-/m1/s1. The first kappa shape index (κ1) is 14.2. The molecule has 0 unspecified atom stereocenters. The van der Waals surface area contributed by atoms with Crippen molar-refractivity contribution in [3.8, 4) is 0 Å². The van der Waals surface area contributed by atoms with Gasteiger partial charge in [-0.2, -0.15) is 0 Å². The highest BCUT2D eigenvalue weighted by molar-refractivity contribution is 9.11. The average molecular weight is 335 g/mol. The third-order valence-corrected chi connectivity index (χ3v) is 3.17. The van der Waals surface area contributed by atoms with Gasteiger partial charge in [-0.3, -0.25) is 14.3 Å². The van der Waals surface area contributed by atoms with E-state index in [1.807, 2.05) is 0 Å². The summed E-state index contributed by atoms with van der Waals surface area (Å²) in [5.74, 6) is 0. The van der Waals surface area contributed by atoms with Crippen molar-refractivity contribution >= 4 is 22.0 Å². The van der Waals surface area contributed by atoms with Gasteiger partial charge in [0.2, 0.25) is 0 Å². The summed E-state index contributed by atoms with van der Waals surface area (Å²) in [6.07, 6.45) is 1.77. The Kier molecular flexibility index (Phi) is 4.02. The number of nitrogens with one attached hydrogen (secondary N) is 1. The molecule has 1 fully saturated rings. The maximum atomic E-state index is 13.9. The van der Waals surface area contributed by atoms with E-state index >= 15 is 0 Å². The Labute approximate surface area is 115 Å². The monoisotopic (exact) mass is 334 g/mol. The van der Waals surface area contributed by atoms with Crippen LogP contribution in [0.25, 0.3) is 6.08 Å². The molecule has 0 amide bonds. The smallest absolute Gasteiger partial charge is 0.330 e. The van der Waals surface area contributed by atoms with Crippen LogP contribution in [0.3, 0.4) is 0 Å². The summed E-state index contributed by atoms with van der Waals surface area (Å²) in [7, 11) is 0. The molecule has 0 spiro atoms. The van der Waals surface area contributed by atoms with Crippen LogP contribution in [0.2, 0.25) is 0 Å². The van der Waals surface area contributed by atoms with Crippen molar-refractivity contribution in [3.05, 3.63) is 37.6 Å². The van der Waals surface area contributed by atoms with Gasteiger partial charge in [0.15, 0.2) is 5.67 Å². The number of nitrogens with zero attached hydrogens (tertiary/aromatic N) is 1. The number of hydrogen-bond donors (Lipinski definition) is 2. The summed E-state index contributed by atoms with van der Waals surface area (Å²) >= 11 is 3.03. The molecular weight excluding hydrogens is 323 g/mol. The van der Waals surface area contributed by atoms with Crippen LogP contribution in [0.5, 0.6) is 0 Å². The van der Waals surface area contributed by atoms with Gasteiger partial charge < -0.3 is 9.84 Å². The molecule has 19 heavy (non-hydrogen) atoms. The van der Waals surface area contributed by atoms with Crippen LogP contribution in [-0.4, -0.2) is 33.5 Å². The Hall–Kier alpha value is -1.25. The van der Waals surface area contributed by atoms with Gasteiger partial charge in [0.25, 0.3) is 5.56 Å². The third kappa shape index (κ3) is 2.85. The molecule has 1 aliphatic rings. The third-order valence-electron chi connectivity index (χ3n) is 2.91. The van der Waals surface area contributed by atoms with Crippen LogP contribution in [0.15, 0.2) is 20.8 Å². The maximum Gasteiger partial charge on any atom is 0.330 e. The second-order valence-electron chi connectivity index (χ2n) is 4.32. The van der Waals surface area contributed by atoms with E-state index in [9.17, 15) is 14.0 Å². The van der Waals surface area contributed by atoms with Crippen molar-refractivity contribution in [2.45, 2.75) is 18.3 Å². The van der Waals surface area contributed by atoms with E-state index < -0.39 is 29.8 Å². The van der Waals surface area contributed by atoms with Crippen molar-refractivity contribution < 1.29 is 14.2 Å². The molecule has 6 nitrogen and oxygen atoms in total. The number of hydrogen-bond acceptors (Lipinski definition) is 4. The van der Waals surface area contributed by atoms with Gasteiger partial charge in [0.1, 0.15) is 6.23 Å². The lowest BCUT2D eigenvalue weighted by Crippen LogP contribution is -2.34. The van der Waals surface area contributed by atoms with Crippen LogP contribution in [0.1, 0.15) is 18.2 Å². The molecule has 0 aromatic carbocycles. The molecule has 0 aliphatic carbocycles. The van der Waals surface area contributed by atoms with Crippen molar-refractivity contribution in [2.75, 3.05) is 13.2 Å². The van der Waals surface area contributed by atoms with Gasteiger partial charge in [0.05, 0.1) is 18.8 Å². The molecular formula is C11H12BrFN2O4. The summed E-state index contributed by atoms with van der Waals surface area (Å²) < 4.78 is 20.1. The highest BCUT2D eigenvalue weighted by atomic mass is 79.9. The average Bonchev–Trinajstić information content (AvgIpc) is 2.76. The van der Waals surface area contributed by atoms with Crippen LogP contribution in [0, 0.1) is 0 Å². The summed E-state index contributed by atoms with van der Waals surface area (Å²) in [6, 6.07) is 0. The van der Waals surface area contributed by atoms with E-state index in [0.717, 1.165) is 4.57 Å². The van der Waals surface area contributed by atoms with Crippen molar-refractivity contribution in [3.63, 3.8) is 0 Å². The van der Waals surface area contributed by atoms with E-state index in [0.29, 0.717) is 0 Å². The lowest BCUT2D eigenvalue weighted by molar-refractivity contribution is 0.0272. The van der Waals surface area contributed by atoms with E-state index in [1.54, 1.807) is 0 Å². The molecule has 2 atom stereocenters. The Morgan fingerprint density at radius 3 is 3.00 bits per heavy atom. The lowest BCUT2D eigenvalue weighted by Gasteiger charge is -2.15. The second-order valence-corrected chi connectivity index (χ2v) is 4.85. The number of halogens is 2. The van der Waals surface area contributed by atoms with Crippen LogP contribution < -0.4 is 11.2 Å². The van der Waals surface area contributed by atoms with E-state index in [-0.39, 0.29) is 18.6 Å². The first-order chi connectivity index (χ1) is 8.99. The molecule has 1 saturated heterocycles. The van der Waals surface area contributed by atoms with Gasteiger partial charge in [-0.15, -0.1) is 0 Å². The summed E-state index contributed by atoms with van der Waals surface area (Å²) in [6.45, 7) is -0.959. The van der Waals surface area contributed by atoms with Crippen LogP contribution in [0.4, 0.5) is 4.39 Å². The molecule has 0 bridgehead atoms. The van der Waals surface area contributed by atoms with Crippen molar-refractivity contribution in [2.24, 2.45) is 0 Å². The summed E-state index contributed by atoms with van der Waals surface area (Å²) in [4.78, 5) is 26.8. The van der Waals surface area contributed by atoms with Gasteiger partial charge in [0, 0.05) is 12.6 Å². The number of aromatic amines is 1. The predicted octanol–water partition coefficient (Wildman–Crippen LogP) is 0.522. The van der Waals surface area contributed by atoms with E-state index in [1.165, 1.54) is 17.3 Å².